The Balaban J connectivity index is 1.67. The van der Waals surface area contributed by atoms with Gasteiger partial charge in [0, 0.05) is 30.0 Å². The molecular weight excluding hydrogens is 416 g/mol. The molecule has 0 saturated carbocycles. The number of ether oxygens (including phenoxy) is 1. The smallest absolute Gasteiger partial charge is 0.254 e. The first-order chi connectivity index (χ1) is 14.9. The Kier molecular flexibility index (Phi) is 5.92. The van der Waals surface area contributed by atoms with Gasteiger partial charge in [-0.25, -0.2) is 4.98 Å². The summed E-state index contributed by atoms with van der Waals surface area (Å²) in [6.45, 7) is 1.87. The summed E-state index contributed by atoms with van der Waals surface area (Å²) in [5.41, 5.74) is 9.60. The molecule has 1 amide bonds. The van der Waals surface area contributed by atoms with Crippen LogP contribution in [-0.2, 0) is 13.0 Å². The molecule has 4 rings (SSSR count). The Hall–Kier alpha value is -3.36. The minimum Gasteiger partial charge on any atom is -0.495 e. The number of methoxy groups -OCH3 is 1. The first-order valence-electron chi connectivity index (χ1n) is 9.77. The van der Waals surface area contributed by atoms with Gasteiger partial charge in [-0.15, -0.1) is 0 Å². The topological polar surface area (TPSA) is 105 Å². The number of likely N-dealkylation sites (N-methyl/N-ethyl adjacent to an activating group) is 1. The maximum absolute atomic E-state index is 11.9. The summed E-state index contributed by atoms with van der Waals surface area (Å²) in [7, 11) is 3.73. The predicted molar refractivity (Wildman–Crippen MR) is 122 cm³/mol. The molecule has 0 fully saturated rings. The van der Waals surface area contributed by atoms with Gasteiger partial charge in [-0.2, -0.15) is 4.98 Å². The molecule has 0 saturated heterocycles. The molecule has 9 heteroatoms. The van der Waals surface area contributed by atoms with Crippen LogP contribution in [0.25, 0.3) is 0 Å². The molecule has 8 nitrogen and oxygen atoms in total. The quantitative estimate of drug-likeness (QED) is 0.538. The zero-order chi connectivity index (χ0) is 22.0. The van der Waals surface area contributed by atoms with Crippen molar-refractivity contribution in [2.75, 3.05) is 31.3 Å². The molecule has 1 aliphatic rings. The molecule has 160 valence electrons. The number of nitrogens with one attached hydrogen (secondary N) is 2. The number of carbonyl (C=O) groups excluding carboxylic acids is 1. The third kappa shape index (κ3) is 4.70. The number of hydrogen-bond acceptors (Lipinski definition) is 7. The number of carbonyl (C=O) groups is 1. The fourth-order valence-electron chi connectivity index (χ4n) is 3.54. The van der Waals surface area contributed by atoms with Crippen molar-refractivity contribution in [3.63, 3.8) is 0 Å². The molecular formula is C22H23ClN6O2. The summed E-state index contributed by atoms with van der Waals surface area (Å²) in [5.74, 6) is 0.654. The highest BCUT2D eigenvalue weighted by atomic mass is 35.5. The molecule has 2 aromatic carbocycles. The minimum absolute atomic E-state index is 0.171. The Morgan fingerprint density at radius 2 is 2.06 bits per heavy atom. The summed E-state index contributed by atoms with van der Waals surface area (Å²) in [4.78, 5) is 22.9. The van der Waals surface area contributed by atoms with Gasteiger partial charge in [0.25, 0.3) is 5.91 Å². The SMILES string of the molecule is COc1cc2c(cc1Nc1ncc(C(N)=O)c(Nc3cccc(Cl)c3)n1)CN(C)CC2. The van der Waals surface area contributed by atoms with Crippen molar-refractivity contribution in [3.8, 4) is 5.75 Å². The molecule has 0 bridgehead atoms. The maximum atomic E-state index is 11.9. The van der Waals surface area contributed by atoms with Gasteiger partial charge in [-0.3, -0.25) is 4.79 Å². The molecule has 2 heterocycles. The van der Waals surface area contributed by atoms with Crippen LogP contribution in [0.3, 0.4) is 0 Å². The van der Waals surface area contributed by atoms with Gasteiger partial charge in [0.2, 0.25) is 5.95 Å². The lowest BCUT2D eigenvalue weighted by atomic mass is 9.99. The highest BCUT2D eigenvalue weighted by Gasteiger charge is 2.18. The van der Waals surface area contributed by atoms with Gasteiger partial charge >= 0.3 is 0 Å². The first-order valence-corrected chi connectivity index (χ1v) is 10.2. The van der Waals surface area contributed by atoms with Crippen molar-refractivity contribution < 1.29 is 9.53 Å². The predicted octanol–water partition coefficient (Wildman–Crippen LogP) is 3.71. The van der Waals surface area contributed by atoms with Gasteiger partial charge in [0.1, 0.15) is 17.1 Å². The third-order valence-electron chi connectivity index (χ3n) is 5.11. The Morgan fingerprint density at radius 1 is 1.23 bits per heavy atom. The Bertz CT molecular complexity index is 1140. The second-order valence-corrected chi connectivity index (χ2v) is 7.83. The number of anilines is 4. The summed E-state index contributed by atoms with van der Waals surface area (Å²) in [6, 6.07) is 11.2. The number of nitrogens with two attached hydrogens (primary N) is 1. The number of hydrogen-bond donors (Lipinski definition) is 3. The number of primary amides is 1. The molecule has 1 aliphatic heterocycles. The van der Waals surface area contributed by atoms with Crippen LogP contribution in [0, 0.1) is 0 Å². The lowest BCUT2D eigenvalue weighted by Crippen LogP contribution is -2.26. The van der Waals surface area contributed by atoms with Gasteiger partial charge < -0.3 is 26.0 Å². The zero-order valence-corrected chi connectivity index (χ0v) is 18.0. The van der Waals surface area contributed by atoms with E-state index in [1.165, 1.54) is 17.3 Å². The number of amides is 1. The zero-order valence-electron chi connectivity index (χ0n) is 17.3. The number of benzene rings is 2. The van der Waals surface area contributed by atoms with Gasteiger partial charge in [0.05, 0.1) is 12.8 Å². The van der Waals surface area contributed by atoms with Crippen LogP contribution in [0.15, 0.2) is 42.6 Å². The summed E-state index contributed by atoms with van der Waals surface area (Å²) >= 11 is 6.06. The van der Waals surface area contributed by atoms with Gasteiger partial charge in [0.15, 0.2) is 0 Å². The number of rotatable bonds is 6. The normalized spacial score (nSPS) is 13.4. The largest absolute Gasteiger partial charge is 0.495 e. The molecule has 31 heavy (non-hydrogen) atoms. The van der Waals surface area contributed by atoms with Crippen molar-refractivity contribution in [1.82, 2.24) is 14.9 Å². The average Bonchev–Trinajstić information content (AvgIpc) is 2.73. The van der Waals surface area contributed by atoms with Crippen LogP contribution in [0.1, 0.15) is 21.5 Å². The molecule has 0 spiro atoms. The van der Waals surface area contributed by atoms with E-state index in [0.29, 0.717) is 22.4 Å². The van der Waals surface area contributed by atoms with E-state index in [9.17, 15) is 4.79 Å². The third-order valence-corrected chi connectivity index (χ3v) is 5.35. The van der Waals surface area contributed by atoms with E-state index >= 15 is 0 Å². The van der Waals surface area contributed by atoms with E-state index in [1.54, 1.807) is 25.3 Å². The number of halogens is 1. The van der Waals surface area contributed by atoms with Crippen LogP contribution in [-0.4, -0.2) is 41.5 Å². The van der Waals surface area contributed by atoms with Gasteiger partial charge in [-0.1, -0.05) is 17.7 Å². The monoisotopic (exact) mass is 438 g/mol. The lowest BCUT2D eigenvalue weighted by molar-refractivity contribution is 0.100. The Morgan fingerprint density at radius 3 is 2.81 bits per heavy atom. The summed E-state index contributed by atoms with van der Waals surface area (Å²) in [5, 5.41) is 6.86. The van der Waals surface area contributed by atoms with E-state index in [-0.39, 0.29) is 11.4 Å². The van der Waals surface area contributed by atoms with E-state index in [4.69, 9.17) is 22.1 Å². The van der Waals surface area contributed by atoms with Crippen LogP contribution in [0.5, 0.6) is 5.75 Å². The van der Waals surface area contributed by atoms with Crippen LogP contribution in [0.4, 0.5) is 23.1 Å². The number of nitrogens with zero attached hydrogens (tertiary/aromatic N) is 3. The van der Waals surface area contributed by atoms with E-state index in [1.807, 2.05) is 12.1 Å². The number of fused-ring (bicyclic) bond motifs is 1. The van der Waals surface area contributed by atoms with Crippen molar-refractivity contribution >= 4 is 40.6 Å². The van der Waals surface area contributed by atoms with Crippen molar-refractivity contribution in [2.24, 2.45) is 5.73 Å². The molecule has 0 aliphatic carbocycles. The van der Waals surface area contributed by atoms with Crippen LogP contribution in [0.2, 0.25) is 5.02 Å². The Labute approximate surface area is 185 Å². The summed E-state index contributed by atoms with van der Waals surface area (Å²) in [6.07, 6.45) is 2.36. The first kappa shape index (κ1) is 20.9. The van der Waals surface area contributed by atoms with Crippen molar-refractivity contribution in [2.45, 2.75) is 13.0 Å². The van der Waals surface area contributed by atoms with Crippen LogP contribution >= 0.6 is 11.6 Å². The van der Waals surface area contributed by atoms with Gasteiger partial charge in [-0.05, 0) is 54.9 Å². The summed E-state index contributed by atoms with van der Waals surface area (Å²) < 4.78 is 5.58. The highest BCUT2D eigenvalue weighted by molar-refractivity contribution is 6.30. The number of aromatic nitrogens is 2. The fourth-order valence-corrected chi connectivity index (χ4v) is 3.73. The molecule has 1 aromatic heterocycles. The standard InChI is InChI=1S/C22H23ClN6O2/c1-29-7-6-13-9-19(31-2)18(8-14(13)12-29)27-22-25-11-17(20(24)30)21(28-22)26-16-5-3-4-15(23)10-16/h3-5,8-11H,6-7,12H2,1-2H3,(H2,24,30)(H2,25,26,27,28). The molecule has 4 N–H and O–H groups in total. The molecule has 0 unspecified atom stereocenters. The minimum atomic E-state index is -0.634. The highest BCUT2D eigenvalue weighted by Crippen LogP contribution is 2.33. The molecule has 0 atom stereocenters. The van der Waals surface area contributed by atoms with Crippen LogP contribution < -0.4 is 21.1 Å². The molecule has 3 aromatic rings. The maximum Gasteiger partial charge on any atom is 0.254 e. The second-order valence-electron chi connectivity index (χ2n) is 7.39. The van der Waals surface area contributed by atoms with E-state index in [2.05, 4.69) is 38.6 Å². The van der Waals surface area contributed by atoms with Crippen molar-refractivity contribution in [1.29, 1.82) is 0 Å². The van der Waals surface area contributed by atoms with Crippen molar-refractivity contribution in [3.05, 3.63) is 64.3 Å². The second kappa shape index (κ2) is 8.79. The fraction of sp³-hybridized carbons (Fsp3) is 0.227. The average molecular weight is 439 g/mol. The van der Waals surface area contributed by atoms with E-state index in [0.717, 1.165) is 25.2 Å². The lowest BCUT2D eigenvalue weighted by Gasteiger charge is -2.26. The van der Waals surface area contributed by atoms with E-state index < -0.39 is 5.91 Å². The molecule has 0 radical (unpaired) electrons.